The summed E-state index contributed by atoms with van der Waals surface area (Å²) in [7, 11) is 1.57. The van der Waals surface area contributed by atoms with Crippen LogP contribution in [0.4, 0.5) is 11.4 Å². The van der Waals surface area contributed by atoms with Gasteiger partial charge in [-0.2, -0.15) is 0 Å². The normalized spacial score (nSPS) is 15.8. The van der Waals surface area contributed by atoms with Crippen molar-refractivity contribution >= 4 is 35.0 Å². The number of methoxy groups -OCH3 is 1. The second kappa shape index (κ2) is 8.86. The Morgan fingerprint density at radius 3 is 2.65 bits per heavy atom. The molecular weight excluding hydrogens is 408 g/mol. The number of benzene rings is 3. The summed E-state index contributed by atoms with van der Waals surface area (Å²) < 4.78 is 5.20. The topological polar surface area (TPSA) is 58.6 Å². The highest BCUT2D eigenvalue weighted by molar-refractivity contribution is 8.00. The van der Waals surface area contributed by atoms with Gasteiger partial charge in [0.2, 0.25) is 5.91 Å². The Labute approximate surface area is 186 Å². The number of thioether (sulfide) groups is 1. The number of hydrogen-bond acceptors (Lipinski definition) is 4. The zero-order chi connectivity index (χ0) is 22.0. The fraction of sp³-hybridized carbons (Fsp3) is 0.200. The second-order valence-corrected chi connectivity index (χ2v) is 8.60. The molecule has 2 amide bonds. The quantitative estimate of drug-likeness (QED) is 0.591. The van der Waals surface area contributed by atoms with Gasteiger partial charge in [-0.3, -0.25) is 14.5 Å². The van der Waals surface area contributed by atoms with Gasteiger partial charge < -0.3 is 10.1 Å². The Bertz CT molecular complexity index is 1150. The molecule has 4 rings (SSSR count). The van der Waals surface area contributed by atoms with Crippen molar-refractivity contribution in [3.05, 3.63) is 89.0 Å². The minimum Gasteiger partial charge on any atom is -0.497 e. The number of carbonyl (C=O) groups excluding carboxylic acids is 2. The van der Waals surface area contributed by atoms with Gasteiger partial charge in [0.05, 0.1) is 12.9 Å². The van der Waals surface area contributed by atoms with Crippen LogP contribution in [0.5, 0.6) is 5.75 Å². The van der Waals surface area contributed by atoms with Gasteiger partial charge in [0.1, 0.15) is 11.1 Å². The van der Waals surface area contributed by atoms with E-state index in [1.54, 1.807) is 43.1 Å². The standard InChI is InChI=1S/C25H24N2O3S/c1-16-10-11-22(17(2)12-16)27-23(28)15-31-25(27)19-7-4-8-20(13-19)26-24(29)18-6-5-9-21(14-18)30-3/h4-14,25H,15H2,1-3H3,(H,26,29). The molecule has 0 aromatic heterocycles. The third kappa shape index (κ3) is 4.44. The Balaban J connectivity index is 1.59. The number of anilines is 2. The third-order valence-electron chi connectivity index (χ3n) is 5.24. The van der Waals surface area contributed by atoms with E-state index in [1.165, 1.54) is 5.56 Å². The van der Waals surface area contributed by atoms with Gasteiger partial charge in [0.25, 0.3) is 5.91 Å². The molecule has 0 saturated carbocycles. The van der Waals surface area contributed by atoms with Crippen LogP contribution in [0.15, 0.2) is 66.7 Å². The zero-order valence-corrected chi connectivity index (χ0v) is 18.5. The minimum absolute atomic E-state index is 0.0905. The Morgan fingerprint density at radius 1 is 1.06 bits per heavy atom. The molecule has 0 spiro atoms. The molecule has 1 fully saturated rings. The van der Waals surface area contributed by atoms with Crippen molar-refractivity contribution in [1.29, 1.82) is 0 Å². The van der Waals surface area contributed by atoms with Crippen molar-refractivity contribution in [2.45, 2.75) is 19.2 Å². The molecule has 1 N–H and O–H groups in total. The maximum absolute atomic E-state index is 12.7. The Hall–Kier alpha value is -3.25. The van der Waals surface area contributed by atoms with E-state index in [-0.39, 0.29) is 17.2 Å². The smallest absolute Gasteiger partial charge is 0.255 e. The van der Waals surface area contributed by atoms with Crippen LogP contribution in [-0.2, 0) is 4.79 Å². The highest BCUT2D eigenvalue weighted by Gasteiger charge is 2.34. The first-order valence-electron chi connectivity index (χ1n) is 10.0. The molecule has 0 bridgehead atoms. The van der Waals surface area contributed by atoms with Gasteiger partial charge in [0, 0.05) is 16.9 Å². The monoisotopic (exact) mass is 432 g/mol. The highest BCUT2D eigenvalue weighted by atomic mass is 32.2. The van der Waals surface area contributed by atoms with Crippen molar-refractivity contribution in [1.82, 2.24) is 0 Å². The van der Waals surface area contributed by atoms with E-state index in [0.717, 1.165) is 16.8 Å². The van der Waals surface area contributed by atoms with Crippen LogP contribution in [0.1, 0.15) is 32.4 Å². The number of ether oxygens (including phenoxy) is 1. The molecule has 1 aliphatic heterocycles. The summed E-state index contributed by atoms with van der Waals surface area (Å²) in [5.41, 5.74) is 5.34. The largest absolute Gasteiger partial charge is 0.497 e. The van der Waals surface area contributed by atoms with E-state index in [4.69, 9.17) is 4.74 Å². The van der Waals surface area contributed by atoms with Crippen molar-refractivity contribution in [3.63, 3.8) is 0 Å². The third-order valence-corrected chi connectivity index (χ3v) is 6.45. The average molecular weight is 433 g/mol. The Kier molecular flexibility index (Phi) is 6.00. The SMILES string of the molecule is COc1cccc(C(=O)Nc2cccc(C3SCC(=O)N3c3ccc(C)cc3C)c2)c1. The summed E-state index contributed by atoms with van der Waals surface area (Å²) in [5, 5.41) is 2.81. The van der Waals surface area contributed by atoms with Gasteiger partial charge in [-0.15, -0.1) is 11.8 Å². The fourth-order valence-corrected chi connectivity index (χ4v) is 4.90. The van der Waals surface area contributed by atoms with Gasteiger partial charge >= 0.3 is 0 Å². The molecule has 5 nitrogen and oxygen atoms in total. The molecule has 158 valence electrons. The first-order valence-corrected chi connectivity index (χ1v) is 11.1. The first-order chi connectivity index (χ1) is 15.0. The van der Waals surface area contributed by atoms with Gasteiger partial charge in [-0.1, -0.05) is 35.9 Å². The molecule has 1 aliphatic rings. The van der Waals surface area contributed by atoms with Crippen LogP contribution in [-0.4, -0.2) is 24.7 Å². The lowest BCUT2D eigenvalue weighted by Gasteiger charge is -2.26. The lowest BCUT2D eigenvalue weighted by atomic mass is 10.1. The lowest BCUT2D eigenvalue weighted by Crippen LogP contribution is -2.28. The molecule has 6 heteroatoms. The number of rotatable bonds is 5. The van der Waals surface area contributed by atoms with Crippen LogP contribution in [0.3, 0.4) is 0 Å². The van der Waals surface area contributed by atoms with Crippen LogP contribution in [0, 0.1) is 13.8 Å². The number of nitrogens with one attached hydrogen (secondary N) is 1. The van der Waals surface area contributed by atoms with Crippen molar-refractivity contribution in [3.8, 4) is 5.75 Å². The molecule has 1 atom stereocenters. The van der Waals surface area contributed by atoms with Crippen molar-refractivity contribution in [2.24, 2.45) is 0 Å². The predicted octanol–water partition coefficient (Wildman–Crippen LogP) is 5.34. The summed E-state index contributed by atoms with van der Waals surface area (Å²) in [4.78, 5) is 27.3. The van der Waals surface area contributed by atoms with Crippen LogP contribution >= 0.6 is 11.8 Å². The number of amides is 2. The number of hydrogen-bond donors (Lipinski definition) is 1. The van der Waals surface area contributed by atoms with E-state index >= 15 is 0 Å². The maximum Gasteiger partial charge on any atom is 0.255 e. The van der Waals surface area contributed by atoms with Crippen LogP contribution in [0.2, 0.25) is 0 Å². The number of aryl methyl sites for hydroxylation is 2. The van der Waals surface area contributed by atoms with E-state index in [0.29, 0.717) is 22.8 Å². The zero-order valence-electron chi connectivity index (χ0n) is 17.7. The first kappa shape index (κ1) is 21.0. The maximum atomic E-state index is 12.7. The van der Waals surface area contributed by atoms with Gasteiger partial charge in [0.15, 0.2) is 0 Å². The number of carbonyl (C=O) groups is 2. The van der Waals surface area contributed by atoms with E-state index < -0.39 is 0 Å². The minimum atomic E-state index is -0.211. The molecule has 3 aromatic rings. The highest BCUT2D eigenvalue weighted by Crippen LogP contribution is 2.43. The predicted molar refractivity (Wildman–Crippen MR) is 126 cm³/mol. The van der Waals surface area contributed by atoms with Gasteiger partial charge in [-0.25, -0.2) is 0 Å². The molecular formula is C25H24N2O3S. The summed E-state index contributed by atoms with van der Waals surface area (Å²) >= 11 is 1.60. The van der Waals surface area contributed by atoms with E-state index in [2.05, 4.69) is 11.4 Å². The molecule has 3 aromatic carbocycles. The van der Waals surface area contributed by atoms with Crippen LogP contribution < -0.4 is 15.0 Å². The van der Waals surface area contributed by atoms with Crippen molar-refractivity contribution < 1.29 is 14.3 Å². The Morgan fingerprint density at radius 2 is 1.87 bits per heavy atom. The van der Waals surface area contributed by atoms with E-state index in [9.17, 15) is 9.59 Å². The van der Waals surface area contributed by atoms with Gasteiger partial charge in [-0.05, 0) is 61.4 Å². The van der Waals surface area contributed by atoms with Crippen LogP contribution in [0.25, 0.3) is 0 Å². The summed E-state index contributed by atoms with van der Waals surface area (Å²) in [6.45, 7) is 4.07. The van der Waals surface area contributed by atoms with E-state index in [1.807, 2.05) is 55.1 Å². The molecule has 1 heterocycles. The number of nitrogens with zero attached hydrogens (tertiary/aromatic N) is 1. The second-order valence-electron chi connectivity index (χ2n) is 7.53. The summed E-state index contributed by atoms with van der Waals surface area (Å²) in [6, 6.07) is 20.8. The molecule has 31 heavy (non-hydrogen) atoms. The lowest BCUT2D eigenvalue weighted by molar-refractivity contribution is -0.115. The summed E-state index contributed by atoms with van der Waals surface area (Å²) in [6.07, 6.45) is 0. The molecule has 0 radical (unpaired) electrons. The fourth-order valence-electron chi connectivity index (χ4n) is 3.74. The van der Waals surface area contributed by atoms with Crippen molar-refractivity contribution in [2.75, 3.05) is 23.1 Å². The molecule has 1 unspecified atom stereocenters. The molecule has 1 saturated heterocycles. The summed E-state index contributed by atoms with van der Waals surface area (Å²) in [5.74, 6) is 0.940. The molecule has 0 aliphatic carbocycles. The average Bonchev–Trinajstić information content (AvgIpc) is 3.15.